The van der Waals surface area contributed by atoms with Gasteiger partial charge in [0.25, 0.3) is 11.8 Å². The van der Waals surface area contributed by atoms with Crippen LogP contribution in [0.25, 0.3) is 0 Å². The topological polar surface area (TPSA) is 40.6 Å². The molecule has 0 heterocycles. The van der Waals surface area contributed by atoms with Gasteiger partial charge < -0.3 is 9.80 Å². The van der Waals surface area contributed by atoms with E-state index >= 15 is 0 Å². The van der Waals surface area contributed by atoms with E-state index in [1.54, 1.807) is 62.6 Å². The molecule has 0 radical (unpaired) electrons. The fourth-order valence-electron chi connectivity index (χ4n) is 3.07. The lowest BCUT2D eigenvalue weighted by Crippen LogP contribution is -2.27. The third kappa shape index (κ3) is 5.29. The third-order valence-electron chi connectivity index (χ3n) is 4.74. The van der Waals surface area contributed by atoms with Gasteiger partial charge in [-0.3, -0.25) is 9.59 Å². The van der Waals surface area contributed by atoms with Gasteiger partial charge in [-0.25, -0.2) is 8.78 Å². The summed E-state index contributed by atoms with van der Waals surface area (Å²) >= 11 is 0. The molecule has 0 aliphatic rings. The van der Waals surface area contributed by atoms with Crippen LogP contribution >= 0.6 is 0 Å². The first-order valence-electron chi connectivity index (χ1n) is 9.43. The van der Waals surface area contributed by atoms with Gasteiger partial charge in [-0.2, -0.15) is 0 Å². The van der Waals surface area contributed by atoms with Crippen molar-refractivity contribution in [2.45, 2.75) is 13.1 Å². The van der Waals surface area contributed by atoms with Crippen LogP contribution in [0.2, 0.25) is 0 Å². The van der Waals surface area contributed by atoms with Gasteiger partial charge in [-0.1, -0.05) is 24.3 Å². The summed E-state index contributed by atoms with van der Waals surface area (Å²) in [6, 6.07) is 18.4. The Morgan fingerprint density at radius 1 is 0.600 bits per heavy atom. The maximum absolute atomic E-state index is 13.0. The average molecular weight is 408 g/mol. The van der Waals surface area contributed by atoms with E-state index in [1.807, 2.05) is 0 Å². The fraction of sp³-hybridized carbons (Fsp3) is 0.167. The smallest absolute Gasteiger partial charge is 0.253 e. The zero-order valence-corrected chi connectivity index (χ0v) is 16.8. The molecule has 0 spiro atoms. The Hall–Kier alpha value is -3.54. The van der Waals surface area contributed by atoms with E-state index in [2.05, 4.69) is 0 Å². The number of amides is 2. The van der Waals surface area contributed by atoms with E-state index in [-0.39, 0.29) is 23.4 Å². The quantitative estimate of drug-likeness (QED) is 0.602. The Morgan fingerprint density at radius 3 is 1.20 bits per heavy atom. The Bertz CT molecular complexity index is 932. The van der Waals surface area contributed by atoms with Crippen LogP contribution in [0.4, 0.5) is 8.78 Å². The van der Waals surface area contributed by atoms with Gasteiger partial charge in [0, 0.05) is 38.3 Å². The average Bonchev–Trinajstić information content (AvgIpc) is 2.76. The van der Waals surface area contributed by atoms with Crippen LogP contribution in [0.1, 0.15) is 31.8 Å². The molecule has 30 heavy (non-hydrogen) atoms. The largest absolute Gasteiger partial charge is 0.337 e. The standard InChI is InChI=1S/C24H22F2N2O2/c1-27(15-17-3-11-21(25)12-4-17)23(29)19-7-9-20(10-8-19)24(30)28(2)16-18-5-13-22(26)14-6-18/h3-14H,15-16H2,1-2H3. The number of hydrogen-bond donors (Lipinski definition) is 0. The minimum atomic E-state index is -0.322. The van der Waals surface area contributed by atoms with Crippen LogP contribution in [0.15, 0.2) is 72.8 Å². The second-order valence-corrected chi connectivity index (χ2v) is 7.15. The summed E-state index contributed by atoms with van der Waals surface area (Å²) in [6.07, 6.45) is 0. The molecule has 3 rings (SSSR count). The monoisotopic (exact) mass is 408 g/mol. The summed E-state index contributed by atoms with van der Waals surface area (Å²) in [5.74, 6) is -1.04. The van der Waals surface area contributed by atoms with Gasteiger partial charge in [-0.05, 0) is 59.7 Å². The van der Waals surface area contributed by atoms with Crippen molar-refractivity contribution in [3.05, 3.63) is 107 Å². The molecular formula is C24H22F2N2O2. The summed E-state index contributed by atoms with van der Waals surface area (Å²) < 4.78 is 26.0. The van der Waals surface area contributed by atoms with Crippen LogP contribution in [-0.4, -0.2) is 35.7 Å². The maximum atomic E-state index is 13.0. The molecule has 6 heteroatoms. The Labute approximate surface area is 174 Å². The van der Waals surface area contributed by atoms with Crippen molar-refractivity contribution < 1.29 is 18.4 Å². The van der Waals surface area contributed by atoms with Crippen LogP contribution in [0.3, 0.4) is 0 Å². The molecule has 0 unspecified atom stereocenters. The summed E-state index contributed by atoms with van der Waals surface area (Å²) in [7, 11) is 3.34. The fourth-order valence-corrected chi connectivity index (χ4v) is 3.07. The van der Waals surface area contributed by atoms with Gasteiger partial charge in [0.1, 0.15) is 11.6 Å². The number of rotatable bonds is 6. The van der Waals surface area contributed by atoms with Crippen molar-refractivity contribution in [3.63, 3.8) is 0 Å². The highest BCUT2D eigenvalue weighted by Gasteiger charge is 2.15. The molecule has 2 amide bonds. The summed E-state index contributed by atoms with van der Waals surface area (Å²) in [5.41, 5.74) is 2.55. The summed E-state index contributed by atoms with van der Waals surface area (Å²) in [4.78, 5) is 28.3. The molecule has 0 atom stereocenters. The van der Waals surface area contributed by atoms with Crippen LogP contribution in [0, 0.1) is 11.6 Å². The molecule has 0 bridgehead atoms. The normalized spacial score (nSPS) is 10.5. The second kappa shape index (κ2) is 9.31. The number of benzene rings is 3. The van der Waals surface area contributed by atoms with Crippen molar-refractivity contribution in [1.82, 2.24) is 9.80 Å². The lowest BCUT2D eigenvalue weighted by molar-refractivity contribution is 0.0773. The van der Waals surface area contributed by atoms with E-state index in [4.69, 9.17) is 0 Å². The predicted molar refractivity (Wildman–Crippen MR) is 111 cm³/mol. The van der Waals surface area contributed by atoms with Crippen LogP contribution < -0.4 is 0 Å². The molecule has 3 aromatic rings. The first-order valence-corrected chi connectivity index (χ1v) is 9.43. The van der Waals surface area contributed by atoms with Gasteiger partial charge >= 0.3 is 0 Å². The third-order valence-corrected chi connectivity index (χ3v) is 4.74. The molecule has 0 saturated heterocycles. The van der Waals surface area contributed by atoms with Crippen molar-refractivity contribution in [2.24, 2.45) is 0 Å². The number of nitrogens with zero attached hydrogens (tertiary/aromatic N) is 2. The molecule has 154 valence electrons. The highest BCUT2D eigenvalue weighted by molar-refractivity contribution is 5.97. The number of halogens is 2. The lowest BCUT2D eigenvalue weighted by atomic mass is 10.1. The van der Waals surface area contributed by atoms with Gasteiger partial charge in [0.15, 0.2) is 0 Å². The molecule has 0 aliphatic carbocycles. The maximum Gasteiger partial charge on any atom is 0.253 e. The number of carbonyl (C=O) groups is 2. The Morgan fingerprint density at radius 2 is 0.900 bits per heavy atom. The lowest BCUT2D eigenvalue weighted by Gasteiger charge is -2.19. The van der Waals surface area contributed by atoms with Crippen molar-refractivity contribution >= 4 is 11.8 Å². The molecule has 0 aromatic heterocycles. The highest BCUT2D eigenvalue weighted by Crippen LogP contribution is 2.13. The molecule has 0 aliphatic heterocycles. The molecule has 0 N–H and O–H groups in total. The Balaban J connectivity index is 1.62. The molecule has 0 fully saturated rings. The summed E-state index contributed by atoms with van der Waals surface area (Å²) in [5, 5.41) is 0. The first kappa shape index (κ1) is 21.2. The van der Waals surface area contributed by atoms with E-state index in [0.717, 1.165) is 11.1 Å². The van der Waals surface area contributed by atoms with E-state index < -0.39 is 0 Å². The SMILES string of the molecule is CN(Cc1ccc(F)cc1)C(=O)c1ccc(C(=O)N(C)Cc2ccc(F)cc2)cc1. The van der Waals surface area contributed by atoms with Crippen LogP contribution in [-0.2, 0) is 13.1 Å². The minimum Gasteiger partial charge on any atom is -0.337 e. The summed E-state index contributed by atoms with van der Waals surface area (Å²) in [6.45, 7) is 0.695. The van der Waals surface area contributed by atoms with Gasteiger partial charge in [0.05, 0.1) is 0 Å². The van der Waals surface area contributed by atoms with Crippen LogP contribution in [0.5, 0.6) is 0 Å². The zero-order valence-electron chi connectivity index (χ0n) is 16.8. The molecule has 4 nitrogen and oxygen atoms in total. The molecular weight excluding hydrogens is 386 g/mol. The van der Waals surface area contributed by atoms with Crippen molar-refractivity contribution in [3.8, 4) is 0 Å². The van der Waals surface area contributed by atoms with E-state index in [1.165, 1.54) is 34.1 Å². The van der Waals surface area contributed by atoms with Crippen molar-refractivity contribution in [1.29, 1.82) is 0 Å². The highest BCUT2D eigenvalue weighted by atomic mass is 19.1. The first-order chi connectivity index (χ1) is 14.3. The molecule has 3 aromatic carbocycles. The second-order valence-electron chi connectivity index (χ2n) is 7.15. The van der Waals surface area contributed by atoms with Gasteiger partial charge in [-0.15, -0.1) is 0 Å². The Kier molecular flexibility index (Phi) is 6.57. The minimum absolute atomic E-state index is 0.196. The zero-order chi connectivity index (χ0) is 21.7. The van der Waals surface area contributed by atoms with E-state index in [9.17, 15) is 18.4 Å². The van der Waals surface area contributed by atoms with E-state index in [0.29, 0.717) is 24.2 Å². The van der Waals surface area contributed by atoms with Gasteiger partial charge in [0.2, 0.25) is 0 Å². The molecule has 0 saturated carbocycles. The number of hydrogen-bond acceptors (Lipinski definition) is 2. The van der Waals surface area contributed by atoms with Crippen molar-refractivity contribution in [2.75, 3.05) is 14.1 Å². The predicted octanol–water partition coefficient (Wildman–Crippen LogP) is 4.51. The number of carbonyl (C=O) groups excluding carboxylic acids is 2.